The first kappa shape index (κ1) is 20.6. The minimum atomic E-state index is 0.112. The molecular formula is C21H34N2O3. The van der Waals surface area contributed by atoms with Gasteiger partial charge in [0.1, 0.15) is 13.2 Å². The average molecular weight is 363 g/mol. The Morgan fingerprint density at radius 2 is 1.85 bits per heavy atom. The summed E-state index contributed by atoms with van der Waals surface area (Å²) in [5.41, 5.74) is 1.10. The minimum Gasteiger partial charge on any atom is -0.486 e. The molecular weight excluding hydrogens is 328 g/mol. The van der Waals surface area contributed by atoms with Gasteiger partial charge in [-0.3, -0.25) is 9.69 Å². The summed E-state index contributed by atoms with van der Waals surface area (Å²) in [4.78, 5) is 14.7. The highest BCUT2D eigenvalue weighted by atomic mass is 16.6. The molecule has 0 saturated carbocycles. The third-order valence-electron chi connectivity index (χ3n) is 4.85. The van der Waals surface area contributed by atoms with Gasteiger partial charge in [-0.2, -0.15) is 0 Å². The van der Waals surface area contributed by atoms with E-state index in [1.807, 2.05) is 18.2 Å². The molecule has 0 bridgehead atoms. The first-order valence-corrected chi connectivity index (χ1v) is 9.92. The maximum Gasteiger partial charge on any atom is 0.220 e. The number of hydrogen-bond acceptors (Lipinski definition) is 4. The summed E-state index contributed by atoms with van der Waals surface area (Å²) in [5, 5.41) is 3.13. The van der Waals surface area contributed by atoms with Crippen molar-refractivity contribution in [3.05, 3.63) is 23.8 Å². The summed E-state index contributed by atoms with van der Waals surface area (Å²) in [5.74, 6) is 2.31. The Hall–Kier alpha value is -1.75. The van der Waals surface area contributed by atoms with E-state index in [-0.39, 0.29) is 5.91 Å². The largest absolute Gasteiger partial charge is 0.486 e. The lowest BCUT2D eigenvalue weighted by molar-refractivity contribution is -0.121. The van der Waals surface area contributed by atoms with Crippen molar-refractivity contribution in [2.24, 2.45) is 5.92 Å². The van der Waals surface area contributed by atoms with Crippen LogP contribution in [-0.2, 0) is 11.2 Å². The number of fused-ring (bicyclic) bond motifs is 1. The Kier molecular flexibility index (Phi) is 8.23. The SMILES string of the molecule is CCN(CC)C(CNC(=O)CCc1ccc2c(c1)OCCO2)CC(C)C. The van der Waals surface area contributed by atoms with Crippen molar-refractivity contribution in [1.29, 1.82) is 0 Å². The first-order valence-electron chi connectivity index (χ1n) is 9.92. The van der Waals surface area contributed by atoms with E-state index < -0.39 is 0 Å². The number of carbonyl (C=O) groups excluding carboxylic acids is 1. The maximum atomic E-state index is 12.3. The van der Waals surface area contributed by atoms with Crippen molar-refractivity contribution in [3.8, 4) is 11.5 Å². The number of benzene rings is 1. The molecule has 1 aromatic carbocycles. The molecule has 1 amide bonds. The molecule has 1 atom stereocenters. The number of hydrogen-bond donors (Lipinski definition) is 1. The van der Waals surface area contributed by atoms with Gasteiger partial charge in [-0.15, -0.1) is 0 Å². The number of nitrogens with one attached hydrogen (secondary N) is 1. The quantitative estimate of drug-likeness (QED) is 0.694. The van der Waals surface area contributed by atoms with Crippen molar-refractivity contribution in [2.75, 3.05) is 32.8 Å². The molecule has 1 heterocycles. The van der Waals surface area contributed by atoms with Gasteiger partial charge in [0, 0.05) is 19.0 Å². The van der Waals surface area contributed by atoms with Crippen LogP contribution in [0.4, 0.5) is 0 Å². The minimum absolute atomic E-state index is 0.112. The molecule has 5 nitrogen and oxygen atoms in total. The Labute approximate surface area is 158 Å². The molecule has 146 valence electrons. The lowest BCUT2D eigenvalue weighted by Gasteiger charge is -2.31. The van der Waals surface area contributed by atoms with Crippen LogP contribution in [-0.4, -0.2) is 49.7 Å². The van der Waals surface area contributed by atoms with Gasteiger partial charge in [-0.05, 0) is 49.5 Å². The highest BCUT2D eigenvalue weighted by Gasteiger charge is 2.18. The summed E-state index contributed by atoms with van der Waals surface area (Å²) in [7, 11) is 0. The van der Waals surface area contributed by atoms with E-state index in [1.165, 1.54) is 0 Å². The Morgan fingerprint density at radius 3 is 2.50 bits per heavy atom. The van der Waals surface area contributed by atoms with Crippen LogP contribution in [0.15, 0.2) is 18.2 Å². The van der Waals surface area contributed by atoms with Crippen LogP contribution < -0.4 is 14.8 Å². The molecule has 0 radical (unpaired) electrons. The highest BCUT2D eigenvalue weighted by molar-refractivity contribution is 5.76. The van der Waals surface area contributed by atoms with Crippen molar-refractivity contribution < 1.29 is 14.3 Å². The van der Waals surface area contributed by atoms with Crippen LogP contribution in [0.2, 0.25) is 0 Å². The fourth-order valence-electron chi connectivity index (χ4n) is 3.47. The Balaban J connectivity index is 1.81. The monoisotopic (exact) mass is 362 g/mol. The summed E-state index contributed by atoms with van der Waals surface area (Å²) in [6.45, 7) is 12.8. The zero-order chi connectivity index (χ0) is 18.9. The second-order valence-corrected chi connectivity index (χ2v) is 7.29. The predicted octanol–water partition coefficient (Wildman–Crippen LogP) is 3.26. The first-order chi connectivity index (χ1) is 12.5. The second-order valence-electron chi connectivity index (χ2n) is 7.29. The molecule has 0 fully saturated rings. The fraction of sp³-hybridized carbons (Fsp3) is 0.667. The van der Waals surface area contributed by atoms with E-state index in [4.69, 9.17) is 9.47 Å². The molecule has 0 saturated heterocycles. The molecule has 1 N–H and O–H groups in total. The molecule has 1 unspecified atom stereocenters. The third kappa shape index (κ3) is 6.20. The summed E-state index contributed by atoms with van der Waals surface area (Å²) >= 11 is 0. The van der Waals surface area contributed by atoms with Crippen LogP contribution in [0, 0.1) is 5.92 Å². The average Bonchev–Trinajstić information content (AvgIpc) is 2.64. The summed E-state index contributed by atoms with van der Waals surface area (Å²) < 4.78 is 11.1. The third-order valence-corrected chi connectivity index (χ3v) is 4.85. The molecule has 0 aliphatic carbocycles. The van der Waals surface area contributed by atoms with Gasteiger partial charge in [0.05, 0.1) is 0 Å². The molecule has 2 rings (SSSR count). The number of carbonyl (C=O) groups is 1. The Morgan fingerprint density at radius 1 is 1.15 bits per heavy atom. The molecule has 26 heavy (non-hydrogen) atoms. The standard InChI is InChI=1S/C21H34N2O3/c1-5-23(6-2)18(13-16(3)4)15-22-21(24)10-8-17-7-9-19-20(14-17)26-12-11-25-19/h7,9,14,16,18H,5-6,8,10-13,15H2,1-4H3,(H,22,24). The lowest BCUT2D eigenvalue weighted by Crippen LogP contribution is -2.44. The number of rotatable bonds is 10. The van der Waals surface area contributed by atoms with Crippen molar-refractivity contribution in [3.63, 3.8) is 0 Å². The van der Waals surface area contributed by atoms with Gasteiger partial charge in [0.2, 0.25) is 5.91 Å². The van der Waals surface area contributed by atoms with E-state index in [2.05, 4.69) is 37.9 Å². The van der Waals surface area contributed by atoms with Crippen LogP contribution in [0.5, 0.6) is 11.5 Å². The van der Waals surface area contributed by atoms with Crippen molar-refractivity contribution in [2.45, 2.75) is 53.0 Å². The molecule has 1 aromatic rings. The number of likely N-dealkylation sites (N-methyl/N-ethyl adjacent to an activating group) is 1. The van der Waals surface area contributed by atoms with E-state index >= 15 is 0 Å². The number of aryl methyl sites for hydroxylation is 1. The van der Waals surface area contributed by atoms with Gasteiger partial charge < -0.3 is 14.8 Å². The lowest BCUT2D eigenvalue weighted by atomic mass is 10.0. The Bertz CT molecular complexity index is 570. The van der Waals surface area contributed by atoms with Crippen LogP contribution >= 0.6 is 0 Å². The highest BCUT2D eigenvalue weighted by Crippen LogP contribution is 2.31. The summed E-state index contributed by atoms with van der Waals surface area (Å²) in [6, 6.07) is 6.33. The second kappa shape index (κ2) is 10.4. The molecule has 1 aliphatic heterocycles. The number of amides is 1. The van der Waals surface area contributed by atoms with E-state index in [0.29, 0.717) is 38.0 Å². The fourth-order valence-corrected chi connectivity index (χ4v) is 3.47. The maximum absolute atomic E-state index is 12.3. The van der Waals surface area contributed by atoms with Gasteiger partial charge in [0.15, 0.2) is 11.5 Å². The van der Waals surface area contributed by atoms with Gasteiger partial charge in [-0.25, -0.2) is 0 Å². The normalized spacial score (nSPS) is 14.5. The number of nitrogens with zero attached hydrogens (tertiary/aromatic N) is 1. The van der Waals surface area contributed by atoms with Crippen LogP contribution in [0.25, 0.3) is 0 Å². The number of ether oxygens (including phenoxy) is 2. The van der Waals surface area contributed by atoms with E-state index in [1.54, 1.807) is 0 Å². The zero-order valence-electron chi connectivity index (χ0n) is 16.7. The molecule has 0 spiro atoms. The van der Waals surface area contributed by atoms with Crippen LogP contribution in [0.3, 0.4) is 0 Å². The molecule has 1 aliphatic rings. The smallest absolute Gasteiger partial charge is 0.220 e. The molecule has 5 heteroatoms. The van der Waals surface area contributed by atoms with Crippen molar-refractivity contribution >= 4 is 5.91 Å². The predicted molar refractivity (Wildman–Crippen MR) is 105 cm³/mol. The topological polar surface area (TPSA) is 50.8 Å². The zero-order valence-corrected chi connectivity index (χ0v) is 16.7. The molecule has 0 aromatic heterocycles. The van der Waals surface area contributed by atoms with Gasteiger partial charge >= 0.3 is 0 Å². The van der Waals surface area contributed by atoms with Gasteiger partial charge in [0.25, 0.3) is 0 Å². The summed E-state index contributed by atoms with van der Waals surface area (Å²) in [6.07, 6.45) is 2.30. The van der Waals surface area contributed by atoms with E-state index in [9.17, 15) is 4.79 Å². The van der Waals surface area contributed by atoms with Crippen LogP contribution in [0.1, 0.15) is 46.1 Å². The van der Waals surface area contributed by atoms with E-state index in [0.717, 1.165) is 43.1 Å². The van der Waals surface area contributed by atoms with Gasteiger partial charge in [-0.1, -0.05) is 33.8 Å². The van der Waals surface area contributed by atoms with Crippen molar-refractivity contribution in [1.82, 2.24) is 10.2 Å².